The fourth-order valence-electron chi connectivity index (χ4n) is 3.18. The minimum Gasteiger partial charge on any atom is -0.294 e. The highest BCUT2D eigenvalue weighted by molar-refractivity contribution is 7.10. The third kappa shape index (κ3) is 3.14. The number of nitrogens with zero attached hydrogens (tertiary/aromatic N) is 4. The summed E-state index contributed by atoms with van der Waals surface area (Å²) in [5, 5.41) is 2.98. The highest BCUT2D eigenvalue weighted by Gasteiger charge is 2.27. The Kier molecular flexibility index (Phi) is 3.80. The Bertz CT molecular complexity index is 1050. The molecule has 6 heteroatoms. The predicted molar refractivity (Wildman–Crippen MR) is 102 cm³/mol. The molecule has 0 fully saturated rings. The van der Waals surface area contributed by atoms with Gasteiger partial charge in [-0.1, -0.05) is 19.9 Å². The Labute approximate surface area is 150 Å². The van der Waals surface area contributed by atoms with Crippen molar-refractivity contribution < 1.29 is 0 Å². The number of thiazole rings is 1. The summed E-state index contributed by atoms with van der Waals surface area (Å²) in [6.07, 6.45) is 7.53. The number of fused-ring (bicyclic) bond motifs is 2. The summed E-state index contributed by atoms with van der Waals surface area (Å²) in [6, 6.07) is 1.93. The van der Waals surface area contributed by atoms with Gasteiger partial charge in [0.1, 0.15) is 10.8 Å². The number of pyridine rings is 1. The molecule has 25 heavy (non-hydrogen) atoms. The molecule has 0 amide bonds. The van der Waals surface area contributed by atoms with Gasteiger partial charge in [0.05, 0.1) is 5.52 Å². The van der Waals surface area contributed by atoms with Crippen LogP contribution in [0.5, 0.6) is 0 Å². The van der Waals surface area contributed by atoms with Crippen LogP contribution in [-0.2, 0) is 13.0 Å². The molecule has 0 spiro atoms. The molecule has 0 atom stereocenters. The van der Waals surface area contributed by atoms with Gasteiger partial charge in [-0.05, 0) is 36.5 Å². The highest BCUT2D eigenvalue weighted by Crippen LogP contribution is 2.29. The van der Waals surface area contributed by atoms with Crippen molar-refractivity contribution in [3.8, 4) is 0 Å². The number of hydrogen-bond donors (Lipinski definition) is 0. The molecule has 0 N–H and O–H groups in total. The summed E-state index contributed by atoms with van der Waals surface area (Å²) in [6.45, 7) is 7.06. The highest BCUT2D eigenvalue weighted by atomic mass is 32.1. The molecule has 0 aromatic carbocycles. The zero-order valence-electron chi connectivity index (χ0n) is 14.6. The maximum Gasteiger partial charge on any atom is 0.280 e. The van der Waals surface area contributed by atoms with Crippen molar-refractivity contribution >= 4 is 34.5 Å². The van der Waals surface area contributed by atoms with Crippen LogP contribution in [0.1, 0.15) is 42.4 Å². The first-order valence-corrected chi connectivity index (χ1v) is 9.29. The molecule has 3 aromatic heterocycles. The molecule has 5 nitrogen and oxygen atoms in total. The standard InChI is InChI=1S/C19H20N4OS/c1-12-10-25-16(21-12)5-4-13-8-14-17(20-9-13)18(24)23-11-19(2,3)7-6-15(23)22-14/h4-5,8-10H,6-7,11H2,1-3H3/b5-4+. The maximum atomic E-state index is 12.8. The van der Waals surface area contributed by atoms with Crippen molar-refractivity contribution in [1.29, 1.82) is 0 Å². The van der Waals surface area contributed by atoms with Crippen molar-refractivity contribution in [2.24, 2.45) is 5.41 Å². The van der Waals surface area contributed by atoms with Gasteiger partial charge < -0.3 is 0 Å². The van der Waals surface area contributed by atoms with Crippen LogP contribution in [0.3, 0.4) is 0 Å². The van der Waals surface area contributed by atoms with Gasteiger partial charge in [-0.2, -0.15) is 0 Å². The summed E-state index contributed by atoms with van der Waals surface area (Å²) in [4.78, 5) is 26.3. The van der Waals surface area contributed by atoms with Crippen LogP contribution in [0.15, 0.2) is 22.4 Å². The average Bonchev–Trinajstić information content (AvgIpc) is 2.99. The second kappa shape index (κ2) is 5.88. The van der Waals surface area contributed by atoms with Gasteiger partial charge in [0.25, 0.3) is 5.56 Å². The quantitative estimate of drug-likeness (QED) is 0.705. The Hall–Kier alpha value is -2.34. The number of rotatable bonds is 2. The van der Waals surface area contributed by atoms with Gasteiger partial charge >= 0.3 is 0 Å². The third-order valence-electron chi connectivity index (χ3n) is 4.56. The van der Waals surface area contributed by atoms with Crippen molar-refractivity contribution in [3.63, 3.8) is 0 Å². The summed E-state index contributed by atoms with van der Waals surface area (Å²) >= 11 is 1.61. The maximum absolute atomic E-state index is 12.8. The van der Waals surface area contributed by atoms with Gasteiger partial charge in [0.2, 0.25) is 0 Å². The molecule has 4 heterocycles. The molecule has 0 radical (unpaired) electrons. The molecule has 4 rings (SSSR count). The Morgan fingerprint density at radius 2 is 2.12 bits per heavy atom. The first kappa shape index (κ1) is 16.1. The largest absolute Gasteiger partial charge is 0.294 e. The van der Waals surface area contributed by atoms with E-state index in [0.717, 1.165) is 34.9 Å². The van der Waals surface area contributed by atoms with E-state index in [2.05, 4.69) is 23.8 Å². The third-order valence-corrected chi connectivity index (χ3v) is 5.49. The lowest BCUT2D eigenvalue weighted by atomic mass is 9.85. The monoisotopic (exact) mass is 352 g/mol. The SMILES string of the molecule is Cc1csc(/C=C/c2cnc3c(=O)n4c(nc3c2)CCC(C)(C)C4)n1. The lowest BCUT2D eigenvalue weighted by molar-refractivity contribution is 0.240. The zero-order chi connectivity index (χ0) is 17.6. The van der Waals surface area contributed by atoms with Gasteiger partial charge in [-0.3, -0.25) is 9.36 Å². The van der Waals surface area contributed by atoms with E-state index in [1.165, 1.54) is 0 Å². The van der Waals surface area contributed by atoms with Crippen molar-refractivity contribution in [2.45, 2.75) is 40.2 Å². The first-order chi connectivity index (χ1) is 11.9. The van der Waals surface area contributed by atoms with E-state index in [-0.39, 0.29) is 11.0 Å². The van der Waals surface area contributed by atoms with Crippen molar-refractivity contribution in [1.82, 2.24) is 19.5 Å². The molecule has 128 valence electrons. The average molecular weight is 352 g/mol. The smallest absolute Gasteiger partial charge is 0.280 e. The van der Waals surface area contributed by atoms with E-state index in [0.29, 0.717) is 17.6 Å². The van der Waals surface area contributed by atoms with Crippen LogP contribution < -0.4 is 5.56 Å². The fraction of sp³-hybridized carbons (Fsp3) is 0.368. The van der Waals surface area contributed by atoms with E-state index in [4.69, 9.17) is 4.98 Å². The summed E-state index contributed by atoms with van der Waals surface area (Å²) in [5.41, 5.74) is 3.16. The fourth-order valence-corrected chi connectivity index (χ4v) is 3.87. The molecule has 0 aliphatic carbocycles. The number of aromatic nitrogens is 4. The molecule has 0 saturated heterocycles. The number of aryl methyl sites for hydroxylation is 2. The van der Waals surface area contributed by atoms with Gasteiger partial charge in [0.15, 0.2) is 5.52 Å². The number of hydrogen-bond acceptors (Lipinski definition) is 5. The first-order valence-electron chi connectivity index (χ1n) is 8.41. The van der Waals surface area contributed by atoms with Crippen LogP contribution >= 0.6 is 11.3 Å². The van der Waals surface area contributed by atoms with Gasteiger partial charge in [-0.15, -0.1) is 11.3 Å². The molecule has 0 unspecified atom stereocenters. The molecule has 3 aromatic rings. The second-order valence-electron chi connectivity index (χ2n) is 7.38. The van der Waals surface area contributed by atoms with E-state index in [9.17, 15) is 4.79 Å². The van der Waals surface area contributed by atoms with Crippen LogP contribution in [0.2, 0.25) is 0 Å². The van der Waals surface area contributed by atoms with Crippen molar-refractivity contribution in [3.05, 3.63) is 50.1 Å². The molecule has 0 saturated carbocycles. The summed E-state index contributed by atoms with van der Waals surface area (Å²) < 4.78 is 1.80. The lowest BCUT2D eigenvalue weighted by Crippen LogP contribution is -2.36. The van der Waals surface area contributed by atoms with Gasteiger partial charge in [-0.25, -0.2) is 15.0 Å². The van der Waals surface area contributed by atoms with Crippen LogP contribution in [0.4, 0.5) is 0 Å². The predicted octanol–water partition coefficient (Wildman–Crippen LogP) is 3.70. The zero-order valence-corrected chi connectivity index (χ0v) is 15.4. The van der Waals surface area contributed by atoms with E-state index in [1.54, 1.807) is 22.1 Å². The Morgan fingerprint density at radius 1 is 1.28 bits per heavy atom. The second-order valence-corrected chi connectivity index (χ2v) is 8.27. The Balaban J connectivity index is 1.74. The Morgan fingerprint density at radius 3 is 2.88 bits per heavy atom. The molecule has 0 bridgehead atoms. The van der Waals surface area contributed by atoms with E-state index >= 15 is 0 Å². The minimum atomic E-state index is -0.0288. The van der Waals surface area contributed by atoms with Crippen molar-refractivity contribution in [2.75, 3.05) is 0 Å². The normalized spacial score (nSPS) is 16.4. The van der Waals surface area contributed by atoms with Crippen LogP contribution in [0.25, 0.3) is 23.2 Å². The van der Waals surface area contributed by atoms with Crippen LogP contribution in [-0.4, -0.2) is 19.5 Å². The topological polar surface area (TPSA) is 60.7 Å². The van der Waals surface area contributed by atoms with E-state index < -0.39 is 0 Å². The molecular formula is C19H20N4OS. The molecule has 1 aliphatic heterocycles. The molecular weight excluding hydrogens is 332 g/mol. The summed E-state index contributed by atoms with van der Waals surface area (Å²) in [7, 11) is 0. The van der Waals surface area contributed by atoms with Gasteiger partial charge in [0, 0.05) is 30.2 Å². The van der Waals surface area contributed by atoms with E-state index in [1.807, 2.05) is 30.5 Å². The van der Waals surface area contributed by atoms with Crippen LogP contribution in [0, 0.1) is 12.3 Å². The lowest BCUT2D eigenvalue weighted by Gasteiger charge is -2.31. The summed E-state index contributed by atoms with van der Waals surface area (Å²) in [5.74, 6) is 0.871. The molecule has 1 aliphatic rings. The minimum absolute atomic E-state index is 0.0288.